The van der Waals surface area contributed by atoms with Crippen LogP contribution in [0.2, 0.25) is 0 Å². The minimum atomic E-state index is 0. The van der Waals surface area contributed by atoms with Crippen LogP contribution in [0.15, 0.2) is 34.9 Å². The largest absolute Gasteiger partial charge is 0.341 e. The third-order valence-electron chi connectivity index (χ3n) is 5.05. The van der Waals surface area contributed by atoms with Crippen LogP contribution >= 0.6 is 28.3 Å². The highest BCUT2D eigenvalue weighted by Gasteiger charge is 2.28. The first-order valence-electron chi connectivity index (χ1n) is 8.75. The fourth-order valence-electron chi connectivity index (χ4n) is 3.76. The van der Waals surface area contributed by atoms with Crippen LogP contribution in [0.3, 0.4) is 0 Å². The maximum Gasteiger partial charge on any atom is 0.120 e. The molecule has 1 aromatic heterocycles. The summed E-state index contributed by atoms with van der Waals surface area (Å²) in [7, 11) is 0. The van der Waals surface area contributed by atoms with Crippen molar-refractivity contribution in [1.82, 2.24) is 25.1 Å². The summed E-state index contributed by atoms with van der Waals surface area (Å²) in [5, 5.41) is 3.44. The average molecular weight is 427 g/mol. The van der Waals surface area contributed by atoms with E-state index in [9.17, 15) is 0 Å². The van der Waals surface area contributed by atoms with Crippen molar-refractivity contribution >= 4 is 28.3 Å². The van der Waals surface area contributed by atoms with Crippen LogP contribution in [-0.2, 0) is 6.54 Å². The highest BCUT2D eigenvalue weighted by Crippen LogP contribution is 2.22. The van der Waals surface area contributed by atoms with E-state index in [1.54, 1.807) is 0 Å². The van der Waals surface area contributed by atoms with E-state index >= 15 is 0 Å². The first-order chi connectivity index (χ1) is 11.8. The van der Waals surface area contributed by atoms with Crippen LogP contribution in [-0.4, -0.2) is 65.1 Å². The molecule has 2 aliphatic heterocycles. The molecule has 1 aromatic carbocycles. The summed E-state index contributed by atoms with van der Waals surface area (Å²) >= 11 is 3.53. The number of likely N-dealkylation sites (tertiary alicyclic amines) is 1. The van der Waals surface area contributed by atoms with Gasteiger partial charge in [0.15, 0.2) is 0 Å². The SMILES string of the molecule is Brc1cccc(-c2cnc(CN3CCC(N4CCNCC4)C3)[nH]2)c1.Cl. The van der Waals surface area contributed by atoms with Gasteiger partial charge in [0.1, 0.15) is 5.82 Å². The summed E-state index contributed by atoms with van der Waals surface area (Å²) in [6, 6.07) is 9.04. The molecule has 136 valence electrons. The van der Waals surface area contributed by atoms with Crippen molar-refractivity contribution in [3.8, 4) is 11.3 Å². The predicted octanol–water partition coefficient (Wildman–Crippen LogP) is 2.74. The van der Waals surface area contributed by atoms with Gasteiger partial charge in [-0.15, -0.1) is 12.4 Å². The molecule has 0 bridgehead atoms. The summed E-state index contributed by atoms with van der Waals surface area (Å²) in [6.07, 6.45) is 3.22. The molecule has 0 aliphatic carbocycles. The lowest BCUT2D eigenvalue weighted by atomic mass is 10.2. The van der Waals surface area contributed by atoms with E-state index in [0.29, 0.717) is 6.04 Å². The Hall–Kier alpha value is -0.920. The highest BCUT2D eigenvalue weighted by molar-refractivity contribution is 9.10. The first kappa shape index (κ1) is 18.9. The monoisotopic (exact) mass is 425 g/mol. The number of nitrogens with one attached hydrogen (secondary N) is 2. The molecule has 25 heavy (non-hydrogen) atoms. The quantitative estimate of drug-likeness (QED) is 0.789. The van der Waals surface area contributed by atoms with Crippen molar-refractivity contribution in [3.63, 3.8) is 0 Å². The van der Waals surface area contributed by atoms with Crippen molar-refractivity contribution in [2.24, 2.45) is 0 Å². The normalized spacial score (nSPS) is 22.0. The molecule has 7 heteroatoms. The second-order valence-corrected chi connectivity index (χ2v) is 7.63. The minimum Gasteiger partial charge on any atom is -0.341 e. The van der Waals surface area contributed by atoms with Gasteiger partial charge in [-0.1, -0.05) is 28.1 Å². The molecule has 2 fully saturated rings. The van der Waals surface area contributed by atoms with E-state index in [2.05, 4.69) is 59.2 Å². The molecule has 0 radical (unpaired) electrons. The van der Waals surface area contributed by atoms with E-state index in [0.717, 1.165) is 42.2 Å². The lowest BCUT2D eigenvalue weighted by molar-refractivity contribution is 0.170. The van der Waals surface area contributed by atoms with Crippen LogP contribution in [0.25, 0.3) is 11.3 Å². The maximum absolute atomic E-state index is 4.59. The zero-order chi connectivity index (χ0) is 16.4. The Morgan fingerprint density at radius 1 is 1.20 bits per heavy atom. The number of H-pyrrole nitrogens is 1. The lowest BCUT2D eigenvalue weighted by Gasteiger charge is -2.32. The number of aromatic amines is 1. The molecule has 4 rings (SSSR count). The van der Waals surface area contributed by atoms with E-state index in [4.69, 9.17) is 0 Å². The second kappa shape index (κ2) is 8.64. The summed E-state index contributed by atoms with van der Waals surface area (Å²) in [5.41, 5.74) is 2.26. The smallest absolute Gasteiger partial charge is 0.120 e. The van der Waals surface area contributed by atoms with Gasteiger partial charge in [0.25, 0.3) is 0 Å². The molecule has 2 aliphatic rings. The van der Waals surface area contributed by atoms with Gasteiger partial charge in [0.2, 0.25) is 0 Å². The molecule has 0 spiro atoms. The number of hydrogen-bond donors (Lipinski definition) is 2. The van der Waals surface area contributed by atoms with Gasteiger partial charge in [0.05, 0.1) is 18.4 Å². The van der Waals surface area contributed by atoms with Gasteiger partial charge < -0.3 is 10.3 Å². The number of piperazine rings is 1. The Morgan fingerprint density at radius 2 is 2.04 bits per heavy atom. The molecule has 2 N–H and O–H groups in total. The molecular formula is C18H25BrClN5. The van der Waals surface area contributed by atoms with Gasteiger partial charge in [0, 0.05) is 55.3 Å². The molecule has 2 aromatic rings. The molecule has 1 unspecified atom stereocenters. The minimum absolute atomic E-state index is 0. The van der Waals surface area contributed by atoms with E-state index in [-0.39, 0.29) is 12.4 Å². The fourth-order valence-corrected chi connectivity index (χ4v) is 4.16. The topological polar surface area (TPSA) is 47.2 Å². The molecule has 1 atom stereocenters. The Bertz CT molecular complexity index is 686. The van der Waals surface area contributed by atoms with Crippen LogP contribution in [0.4, 0.5) is 0 Å². The summed E-state index contributed by atoms with van der Waals surface area (Å²) < 4.78 is 1.09. The number of halogens is 2. The standard InChI is InChI=1S/C18H24BrN5.ClH/c19-15-3-1-2-14(10-15)17-11-21-18(22-17)13-23-7-4-16(12-23)24-8-5-20-6-9-24;/h1-3,10-11,16,20H,4-9,12-13H2,(H,21,22);1H. The Balaban J connectivity index is 0.00000182. The van der Waals surface area contributed by atoms with Crippen molar-refractivity contribution in [2.75, 3.05) is 39.3 Å². The van der Waals surface area contributed by atoms with Crippen LogP contribution in [0.1, 0.15) is 12.2 Å². The Kier molecular flexibility index (Phi) is 6.52. The maximum atomic E-state index is 4.59. The molecule has 0 amide bonds. The summed E-state index contributed by atoms with van der Waals surface area (Å²) in [4.78, 5) is 13.2. The van der Waals surface area contributed by atoms with Crippen molar-refractivity contribution in [1.29, 1.82) is 0 Å². The second-order valence-electron chi connectivity index (χ2n) is 6.72. The average Bonchev–Trinajstić information content (AvgIpc) is 3.26. The van der Waals surface area contributed by atoms with Gasteiger partial charge in [-0.25, -0.2) is 4.98 Å². The van der Waals surface area contributed by atoms with Crippen LogP contribution < -0.4 is 5.32 Å². The lowest BCUT2D eigenvalue weighted by Crippen LogP contribution is -2.49. The highest BCUT2D eigenvalue weighted by atomic mass is 79.9. The number of aromatic nitrogens is 2. The summed E-state index contributed by atoms with van der Waals surface area (Å²) in [6.45, 7) is 7.87. The Morgan fingerprint density at radius 3 is 2.84 bits per heavy atom. The number of nitrogens with zero attached hydrogens (tertiary/aromatic N) is 3. The summed E-state index contributed by atoms with van der Waals surface area (Å²) in [5.74, 6) is 1.06. The van der Waals surface area contributed by atoms with Crippen molar-refractivity contribution < 1.29 is 0 Å². The molecule has 5 nitrogen and oxygen atoms in total. The fraction of sp³-hybridized carbons (Fsp3) is 0.500. The van der Waals surface area contributed by atoms with Gasteiger partial charge in [-0.3, -0.25) is 9.80 Å². The van der Waals surface area contributed by atoms with Gasteiger partial charge >= 0.3 is 0 Å². The number of imidazole rings is 1. The molecule has 2 saturated heterocycles. The van der Waals surface area contributed by atoms with E-state index < -0.39 is 0 Å². The number of benzene rings is 1. The number of hydrogen-bond acceptors (Lipinski definition) is 4. The third kappa shape index (κ3) is 4.63. The van der Waals surface area contributed by atoms with Crippen LogP contribution in [0.5, 0.6) is 0 Å². The first-order valence-corrected chi connectivity index (χ1v) is 9.54. The zero-order valence-corrected chi connectivity index (χ0v) is 16.7. The molecular weight excluding hydrogens is 402 g/mol. The van der Waals surface area contributed by atoms with Crippen LogP contribution in [0, 0.1) is 0 Å². The Labute approximate surface area is 163 Å². The van der Waals surface area contributed by atoms with Gasteiger partial charge in [-0.2, -0.15) is 0 Å². The molecule has 3 heterocycles. The predicted molar refractivity (Wildman–Crippen MR) is 107 cm³/mol. The van der Waals surface area contributed by atoms with E-state index in [1.807, 2.05) is 12.3 Å². The zero-order valence-electron chi connectivity index (χ0n) is 14.2. The van der Waals surface area contributed by atoms with E-state index in [1.165, 1.54) is 31.6 Å². The van der Waals surface area contributed by atoms with Crippen molar-refractivity contribution in [2.45, 2.75) is 19.0 Å². The van der Waals surface area contributed by atoms with Gasteiger partial charge in [-0.05, 0) is 18.6 Å². The van der Waals surface area contributed by atoms with Crippen molar-refractivity contribution in [3.05, 3.63) is 40.8 Å². The third-order valence-corrected chi connectivity index (χ3v) is 5.55. The molecule has 0 saturated carbocycles. The number of rotatable bonds is 4.